The molecule has 0 bridgehead atoms. The third-order valence-electron chi connectivity index (χ3n) is 8.48. The van der Waals surface area contributed by atoms with Crippen LogP contribution in [0.25, 0.3) is 53.9 Å². The lowest BCUT2D eigenvalue weighted by molar-refractivity contribution is 1.29. The maximum Gasteiger partial charge on any atom is 0.0468 e. The van der Waals surface area contributed by atoms with Gasteiger partial charge in [0.2, 0.25) is 0 Å². The second-order valence-electron chi connectivity index (χ2n) is 11.1. The van der Waals surface area contributed by atoms with Gasteiger partial charge in [0.05, 0.1) is 0 Å². The average molecular weight is 524 g/mol. The standard InChI is InChI=1S/C40H29N/c1-26-17-20-33-36(23-26)37-24-27(2)18-21-34(37)40-35-22-19-30(25-38(35)31-15-9-10-16-32(31)39(33)40)41(28-11-5-3-6-12-28)29-13-7-4-8-14-29/h3-25H,1-2H3. The van der Waals surface area contributed by atoms with Crippen molar-refractivity contribution in [3.05, 3.63) is 151 Å². The fourth-order valence-electron chi connectivity index (χ4n) is 6.68. The Morgan fingerprint density at radius 2 is 0.732 bits per heavy atom. The zero-order valence-corrected chi connectivity index (χ0v) is 23.2. The smallest absolute Gasteiger partial charge is 0.0468 e. The van der Waals surface area contributed by atoms with Crippen LogP contribution in [-0.4, -0.2) is 0 Å². The lowest BCUT2D eigenvalue weighted by Crippen LogP contribution is -2.09. The van der Waals surface area contributed by atoms with E-state index in [1.165, 1.54) is 65.0 Å². The van der Waals surface area contributed by atoms with Crippen LogP contribution >= 0.6 is 0 Å². The highest BCUT2D eigenvalue weighted by molar-refractivity contribution is 6.39. The van der Waals surface area contributed by atoms with E-state index in [1.807, 2.05) is 0 Å². The maximum absolute atomic E-state index is 2.39. The molecule has 0 unspecified atom stereocenters. The van der Waals surface area contributed by atoms with Gasteiger partial charge in [-0.1, -0.05) is 114 Å². The van der Waals surface area contributed by atoms with E-state index < -0.39 is 0 Å². The second kappa shape index (κ2) is 9.21. The minimum atomic E-state index is 1.14. The van der Waals surface area contributed by atoms with Gasteiger partial charge in [-0.3, -0.25) is 0 Å². The molecule has 0 saturated carbocycles. The number of benzene rings is 8. The van der Waals surface area contributed by atoms with E-state index in [4.69, 9.17) is 0 Å². The molecular weight excluding hydrogens is 494 g/mol. The number of hydrogen-bond acceptors (Lipinski definition) is 1. The molecule has 1 heteroatoms. The van der Waals surface area contributed by atoms with E-state index in [0.29, 0.717) is 0 Å². The first kappa shape index (κ1) is 23.7. The second-order valence-corrected chi connectivity index (χ2v) is 11.1. The lowest BCUT2D eigenvalue weighted by atomic mass is 9.86. The predicted molar refractivity (Wildman–Crippen MR) is 178 cm³/mol. The van der Waals surface area contributed by atoms with Crippen LogP contribution in [0.5, 0.6) is 0 Å². The van der Waals surface area contributed by atoms with Gasteiger partial charge in [0, 0.05) is 17.1 Å². The van der Waals surface area contributed by atoms with Gasteiger partial charge in [-0.15, -0.1) is 0 Å². The van der Waals surface area contributed by atoms with Crippen LogP contribution in [0.4, 0.5) is 17.1 Å². The Bertz CT molecular complexity index is 2220. The predicted octanol–water partition coefficient (Wildman–Crippen LogP) is 11.5. The van der Waals surface area contributed by atoms with Crippen molar-refractivity contribution in [1.82, 2.24) is 0 Å². The summed E-state index contributed by atoms with van der Waals surface area (Å²) in [5, 5.41) is 13.1. The van der Waals surface area contributed by atoms with Crippen molar-refractivity contribution in [3.8, 4) is 0 Å². The van der Waals surface area contributed by atoms with E-state index in [1.54, 1.807) is 0 Å². The summed E-state index contributed by atoms with van der Waals surface area (Å²) in [6.07, 6.45) is 0. The van der Waals surface area contributed by atoms with Crippen molar-refractivity contribution in [2.24, 2.45) is 0 Å². The summed E-state index contributed by atoms with van der Waals surface area (Å²) in [4.78, 5) is 2.35. The fourth-order valence-corrected chi connectivity index (χ4v) is 6.68. The minimum absolute atomic E-state index is 1.14. The van der Waals surface area contributed by atoms with Gasteiger partial charge in [0.1, 0.15) is 0 Å². The fraction of sp³-hybridized carbons (Fsp3) is 0.0500. The van der Waals surface area contributed by atoms with Crippen LogP contribution in [-0.2, 0) is 0 Å². The molecule has 0 N–H and O–H groups in total. The van der Waals surface area contributed by atoms with Crippen molar-refractivity contribution >= 4 is 70.9 Å². The molecule has 8 rings (SSSR count). The molecule has 8 aromatic carbocycles. The summed E-state index contributed by atoms with van der Waals surface area (Å²) >= 11 is 0. The molecule has 0 spiro atoms. The summed E-state index contributed by atoms with van der Waals surface area (Å²) in [5.41, 5.74) is 6.01. The van der Waals surface area contributed by atoms with Gasteiger partial charge in [-0.2, -0.15) is 0 Å². The lowest BCUT2D eigenvalue weighted by Gasteiger charge is -2.26. The first-order chi connectivity index (χ1) is 20.2. The Morgan fingerprint density at radius 3 is 1.27 bits per heavy atom. The normalized spacial score (nSPS) is 11.7. The number of para-hydroxylation sites is 2. The summed E-state index contributed by atoms with van der Waals surface area (Å²) in [5.74, 6) is 0. The number of rotatable bonds is 3. The van der Waals surface area contributed by atoms with Crippen molar-refractivity contribution < 1.29 is 0 Å². The van der Waals surface area contributed by atoms with E-state index in [9.17, 15) is 0 Å². The van der Waals surface area contributed by atoms with Gasteiger partial charge >= 0.3 is 0 Å². The molecule has 0 aliphatic rings. The van der Waals surface area contributed by atoms with Crippen LogP contribution < -0.4 is 4.90 Å². The highest BCUT2D eigenvalue weighted by Gasteiger charge is 2.18. The number of aryl methyl sites for hydroxylation is 2. The number of fused-ring (bicyclic) bond motifs is 11. The van der Waals surface area contributed by atoms with Gasteiger partial charge in [0.15, 0.2) is 0 Å². The SMILES string of the molecule is Cc1ccc2c(c1)c1cc(C)ccc1c1c3ccc(N(c4ccccc4)c4ccccc4)cc3c3ccccc3c21. The Hall–Kier alpha value is -5.14. The van der Waals surface area contributed by atoms with Crippen LogP contribution in [0.2, 0.25) is 0 Å². The van der Waals surface area contributed by atoms with Gasteiger partial charge < -0.3 is 4.90 Å². The zero-order valence-electron chi connectivity index (χ0n) is 23.2. The van der Waals surface area contributed by atoms with Gasteiger partial charge in [0.25, 0.3) is 0 Å². The number of hydrogen-bond donors (Lipinski definition) is 0. The summed E-state index contributed by atoms with van der Waals surface area (Å²) in [7, 11) is 0. The summed E-state index contributed by atoms with van der Waals surface area (Å²) in [6.45, 7) is 4.38. The minimum Gasteiger partial charge on any atom is -0.310 e. The molecule has 194 valence electrons. The molecule has 0 atom stereocenters. The van der Waals surface area contributed by atoms with Crippen LogP contribution in [0.3, 0.4) is 0 Å². The molecule has 0 heterocycles. The molecule has 41 heavy (non-hydrogen) atoms. The Balaban J connectivity index is 1.55. The molecule has 0 aromatic heterocycles. The topological polar surface area (TPSA) is 3.24 Å². The molecule has 0 aliphatic carbocycles. The van der Waals surface area contributed by atoms with Crippen molar-refractivity contribution in [2.75, 3.05) is 4.90 Å². The van der Waals surface area contributed by atoms with E-state index in [2.05, 4.69) is 158 Å². The van der Waals surface area contributed by atoms with E-state index in [0.717, 1.165) is 17.1 Å². The molecule has 0 saturated heterocycles. The monoisotopic (exact) mass is 523 g/mol. The van der Waals surface area contributed by atoms with Gasteiger partial charge in [-0.25, -0.2) is 0 Å². The van der Waals surface area contributed by atoms with Crippen molar-refractivity contribution in [2.45, 2.75) is 13.8 Å². The molecule has 0 amide bonds. The number of anilines is 3. The summed E-state index contributed by atoms with van der Waals surface area (Å²) in [6, 6.07) is 51.1. The first-order valence-electron chi connectivity index (χ1n) is 14.3. The van der Waals surface area contributed by atoms with Crippen LogP contribution in [0.15, 0.2) is 140 Å². The largest absolute Gasteiger partial charge is 0.310 e. The average Bonchev–Trinajstić information content (AvgIpc) is 3.02. The van der Waals surface area contributed by atoms with E-state index in [-0.39, 0.29) is 0 Å². The zero-order chi connectivity index (χ0) is 27.5. The van der Waals surface area contributed by atoms with Crippen LogP contribution in [0.1, 0.15) is 11.1 Å². The third kappa shape index (κ3) is 3.70. The first-order valence-corrected chi connectivity index (χ1v) is 14.3. The molecule has 0 fully saturated rings. The highest BCUT2D eigenvalue weighted by atomic mass is 15.1. The maximum atomic E-state index is 2.39. The molecular formula is C40H29N. The van der Waals surface area contributed by atoms with Crippen LogP contribution in [0, 0.1) is 13.8 Å². The molecule has 1 nitrogen and oxygen atoms in total. The summed E-state index contributed by atoms with van der Waals surface area (Å²) < 4.78 is 0. The van der Waals surface area contributed by atoms with Crippen molar-refractivity contribution in [3.63, 3.8) is 0 Å². The third-order valence-corrected chi connectivity index (χ3v) is 8.48. The van der Waals surface area contributed by atoms with Gasteiger partial charge in [-0.05, 0) is 104 Å². The Labute approximate surface area is 239 Å². The highest BCUT2D eigenvalue weighted by Crippen LogP contribution is 2.46. The molecule has 0 aliphatic heterocycles. The van der Waals surface area contributed by atoms with E-state index >= 15 is 0 Å². The Kier molecular flexibility index (Phi) is 5.33. The Morgan fingerprint density at radius 1 is 0.317 bits per heavy atom. The van der Waals surface area contributed by atoms with Crippen molar-refractivity contribution in [1.29, 1.82) is 0 Å². The molecule has 8 aromatic rings. The number of nitrogens with zero attached hydrogens (tertiary/aromatic N) is 1. The quantitative estimate of drug-likeness (QED) is 0.208. The molecule has 0 radical (unpaired) electrons.